The van der Waals surface area contributed by atoms with Gasteiger partial charge in [-0.05, 0) is 47.2 Å². The van der Waals surface area contributed by atoms with Crippen LogP contribution in [0, 0.1) is 0 Å². The van der Waals surface area contributed by atoms with E-state index in [-0.39, 0.29) is 5.78 Å². The molecule has 1 aromatic heterocycles. The highest BCUT2D eigenvalue weighted by atomic mass is 16.5. The van der Waals surface area contributed by atoms with Gasteiger partial charge in [0, 0.05) is 5.56 Å². The Hall–Kier alpha value is -2.81. The Labute approximate surface area is 122 Å². The number of hydrogen-bond acceptors (Lipinski definition) is 3. The van der Waals surface area contributed by atoms with E-state index in [0.29, 0.717) is 5.76 Å². The molecule has 0 aliphatic carbocycles. The van der Waals surface area contributed by atoms with Crippen LogP contribution < -0.4 is 4.74 Å². The molecule has 3 rings (SSSR count). The van der Waals surface area contributed by atoms with Gasteiger partial charge < -0.3 is 9.15 Å². The first-order valence-corrected chi connectivity index (χ1v) is 6.60. The van der Waals surface area contributed by atoms with Gasteiger partial charge >= 0.3 is 0 Å². The maximum absolute atomic E-state index is 11.9. The van der Waals surface area contributed by atoms with Crippen molar-refractivity contribution in [1.82, 2.24) is 0 Å². The minimum Gasteiger partial charge on any atom is -0.496 e. The summed E-state index contributed by atoms with van der Waals surface area (Å²) in [5.41, 5.74) is 0.858. The van der Waals surface area contributed by atoms with E-state index in [0.717, 1.165) is 22.1 Å². The van der Waals surface area contributed by atoms with Crippen LogP contribution in [-0.4, -0.2) is 12.9 Å². The van der Waals surface area contributed by atoms with E-state index in [9.17, 15) is 4.79 Å². The lowest BCUT2D eigenvalue weighted by Crippen LogP contribution is -1.92. The molecule has 0 saturated carbocycles. The number of ether oxygens (including phenoxy) is 1. The second-order valence-electron chi connectivity index (χ2n) is 4.62. The van der Waals surface area contributed by atoms with Crippen LogP contribution in [0.4, 0.5) is 0 Å². The number of furan rings is 1. The fraction of sp³-hybridized carbons (Fsp3) is 0.0556. The topological polar surface area (TPSA) is 39.4 Å². The Morgan fingerprint density at radius 1 is 1.10 bits per heavy atom. The smallest absolute Gasteiger partial charge is 0.221 e. The SMILES string of the molecule is COc1cc2ccccc2cc1C=CC(=O)c1ccco1. The van der Waals surface area contributed by atoms with Crippen molar-refractivity contribution in [2.24, 2.45) is 0 Å². The van der Waals surface area contributed by atoms with Gasteiger partial charge in [-0.1, -0.05) is 24.3 Å². The Kier molecular flexibility index (Phi) is 3.56. The normalized spacial score (nSPS) is 11.1. The minimum atomic E-state index is -0.171. The van der Waals surface area contributed by atoms with Gasteiger partial charge in [0.1, 0.15) is 5.75 Å². The first kappa shape index (κ1) is 13.2. The fourth-order valence-electron chi connectivity index (χ4n) is 2.21. The van der Waals surface area contributed by atoms with Crippen molar-refractivity contribution in [3.8, 4) is 5.75 Å². The number of carbonyl (C=O) groups is 1. The lowest BCUT2D eigenvalue weighted by atomic mass is 10.0. The maximum atomic E-state index is 11.9. The van der Waals surface area contributed by atoms with Gasteiger partial charge in [0.05, 0.1) is 13.4 Å². The van der Waals surface area contributed by atoms with Gasteiger partial charge in [-0.15, -0.1) is 0 Å². The molecule has 3 aromatic rings. The van der Waals surface area contributed by atoms with Gasteiger partial charge in [0.2, 0.25) is 5.78 Å². The van der Waals surface area contributed by atoms with Crippen LogP contribution in [0.25, 0.3) is 16.8 Å². The molecular formula is C18H14O3. The average molecular weight is 278 g/mol. The second-order valence-corrected chi connectivity index (χ2v) is 4.62. The Balaban J connectivity index is 1.97. The Bertz CT molecular complexity index is 798. The monoisotopic (exact) mass is 278 g/mol. The van der Waals surface area contributed by atoms with E-state index in [1.165, 1.54) is 12.3 Å². The molecule has 3 heteroatoms. The van der Waals surface area contributed by atoms with Crippen molar-refractivity contribution in [3.63, 3.8) is 0 Å². The zero-order valence-corrected chi connectivity index (χ0v) is 11.6. The highest BCUT2D eigenvalue weighted by Crippen LogP contribution is 2.27. The minimum absolute atomic E-state index is 0.171. The molecule has 0 bridgehead atoms. The molecule has 0 N–H and O–H groups in total. The standard InChI is InChI=1S/C18H14O3/c1-20-18-12-14-6-3-2-5-13(14)11-15(18)8-9-16(19)17-7-4-10-21-17/h2-12H,1H3. The molecule has 0 fully saturated rings. The summed E-state index contributed by atoms with van der Waals surface area (Å²) in [7, 11) is 1.62. The van der Waals surface area contributed by atoms with E-state index in [1.807, 2.05) is 36.4 Å². The van der Waals surface area contributed by atoms with Crippen molar-refractivity contribution >= 4 is 22.6 Å². The van der Waals surface area contributed by atoms with Crippen LogP contribution in [0.1, 0.15) is 16.1 Å². The molecule has 1 heterocycles. The molecule has 0 unspecified atom stereocenters. The van der Waals surface area contributed by atoms with Gasteiger partial charge in [0.25, 0.3) is 0 Å². The predicted octanol–water partition coefficient (Wildman–Crippen LogP) is 4.34. The molecule has 0 aliphatic heterocycles. The van der Waals surface area contributed by atoms with Crippen LogP contribution >= 0.6 is 0 Å². The summed E-state index contributed by atoms with van der Waals surface area (Å²) in [6.07, 6.45) is 4.72. The van der Waals surface area contributed by atoms with Gasteiger partial charge in [-0.3, -0.25) is 4.79 Å². The zero-order chi connectivity index (χ0) is 14.7. The summed E-state index contributed by atoms with van der Waals surface area (Å²) < 4.78 is 10.5. The molecule has 0 spiro atoms. The maximum Gasteiger partial charge on any atom is 0.221 e. The van der Waals surface area contributed by atoms with Crippen LogP contribution in [0.5, 0.6) is 5.75 Å². The third kappa shape index (κ3) is 2.72. The molecular weight excluding hydrogens is 264 g/mol. The summed E-state index contributed by atoms with van der Waals surface area (Å²) in [5.74, 6) is 0.887. The van der Waals surface area contributed by atoms with E-state index in [2.05, 4.69) is 0 Å². The predicted molar refractivity (Wildman–Crippen MR) is 82.6 cm³/mol. The quantitative estimate of drug-likeness (QED) is 0.526. The molecule has 0 radical (unpaired) electrons. The second kappa shape index (κ2) is 5.67. The van der Waals surface area contributed by atoms with Crippen molar-refractivity contribution in [1.29, 1.82) is 0 Å². The Morgan fingerprint density at radius 2 is 1.86 bits per heavy atom. The molecule has 0 atom stereocenters. The third-order valence-corrected chi connectivity index (χ3v) is 3.28. The third-order valence-electron chi connectivity index (χ3n) is 3.28. The van der Waals surface area contributed by atoms with E-state index < -0.39 is 0 Å². The van der Waals surface area contributed by atoms with Gasteiger partial charge in [-0.2, -0.15) is 0 Å². The van der Waals surface area contributed by atoms with Crippen LogP contribution in [0.2, 0.25) is 0 Å². The number of allylic oxidation sites excluding steroid dienone is 1. The van der Waals surface area contributed by atoms with E-state index in [4.69, 9.17) is 9.15 Å². The molecule has 3 nitrogen and oxygen atoms in total. The van der Waals surface area contributed by atoms with Crippen LogP contribution in [0.3, 0.4) is 0 Å². The van der Waals surface area contributed by atoms with Crippen molar-refractivity contribution in [3.05, 3.63) is 72.2 Å². The number of fused-ring (bicyclic) bond motifs is 1. The largest absolute Gasteiger partial charge is 0.496 e. The first-order chi connectivity index (χ1) is 10.3. The number of ketones is 1. The summed E-state index contributed by atoms with van der Waals surface area (Å²) in [5, 5.41) is 2.20. The Morgan fingerprint density at radius 3 is 2.52 bits per heavy atom. The van der Waals surface area contributed by atoms with Crippen LogP contribution in [0.15, 0.2) is 65.3 Å². The van der Waals surface area contributed by atoms with Crippen molar-refractivity contribution < 1.29 is 13.9 Å². The number of benzene rings is 2. The fourth-order valence-corrected chi connectivity index (χ4v) is 2.21. The number of hydrogen-bond donors (Lipinski definition) is 0. The molecule has 104 valence electrons. The van der Waals surface area contributed by atoms with Crippen LogP contribution in [-0.2, 0) is 0 Å². The molecule has 21 heavy (non-hydrogen) atoms. The van der Waals surface area contributed by atoms with Crippen molar-refractivity contribution in [2.75, 3.05) is 7.11 Å². The lowest BCUT2D eigenvalue weighted by Gasteiger charge is -2.07. The highest BCUT2D eigenvalue weighted by molar-refractivity contribution is 6.05. The molecule has 0 saturated heterocycles. The van der Waals surface area contributed by atoms with E-state index >= 15 is 0 Å². The highest BCUT2D eigenvalue weighted by Gasteiger charge is 2.06. The lowest BCUT2D eigenvalue weighted by molar-refractivity contribution is 0.102. The summed E-state index contributed by atoms with van der Waals surface area (Å²) in [6, 6.07) is 15.3. The first-order valence-electron chi connectivity index (χ1n) is 6.60. The number of carbonyl (C=O) groups excluding carboxylic acids is 1. The van der Waals surface area contributed by atoms with Gasteiger partial charge in [-0.25, -0.2) is 0 Å². The zero-order valence-electron chi connectivity index (χ0n) is 11.6. The van der Waals surface area contributed by atoms with Gasteiger partial charge in [0.15, 0.2) is 5.76 Å². The molecule has 2 aromatic carbocycles. The summed E-state index contributed by atoms with van der Waals surface area (Å²) in [4.78, 5) is 11.9. The summed E-state index contributed by atoms with van der Waals surface area (Å²) in [6.45, 7) is 0. The average Bonchev–Trinajstić information content (AvgIpc) is 3.06. The van der Waals surface area contributed by atoms with E-state index in [1.54, 1.807) is 25.3 Å². The summed E-state index contributed by atoms with van der Waals surface area (Å²) >= 11 is 0. The molecule has 0 amide bonds. The number of rotatable bonds is 4. The number of methoxy groups -OCH3 is 1. The molecule has 0 aliphatic rings. The van der Waals surface area contributed by atoms with Crippen molar-refractivity contribution in [2.45, 2.75) is 0 Å².